The minimum absolute atomic E-state index is 0.392. The van der Waals surface area contributed by atoms with Crippen LogP contribution in [0.15, 0.2) is 24.3 Å². The number of aryl methyl sites for hydroxylation is 1. The first-order valence-electron chi connectivity index (χ1n) is 4.72. The monoisotopic (exact) mass is 197 g/mol. The lowest BCUT2D eigenvalue weighted by Gasteiger charge is -2.16. The lowest BCUT2D eigenvalue weighted by molar-refractivity contribution is 0.0396. The highest BCUT2D eigenvalue weighted by molar-refractivity contribution is 5.27. The molecule has 0 heterocycles. The molecule has 1 rings (SSSR count). The number of rotatable bonds is 5. The second kappa shape index (κ2) is 5.73. The highest BCUT2D eigenvalue weighted by Crippen LogP contribution is 2.21. The summed E-state index contributed by atoms with van der Waals surface area (Å²) >= 11 is 0. The summed E-state index contributed by atoms with van der Waals surface area (Å²) in [5.41, 5.74) is 7.25. The van der Waals surface area contributed by atoms with Gasteiger partial charge in [0.2, 0.25) is 0 Å². The molecule has 14 heavy (non-hydrogen) atoms. The summed E-state index contributed by atoms with van der Waals surface area (Å²) in [7, 11) is 0. The van der Waals surface area contributed by atoms with E-state index in [9.17, 15) is 4.39 Å². The Morgan fingerprint density at radius 2 is 2.14 bits per heavy atom. The number of nitrogens with two attached hydrogens (primary N) is 1. The van der Waals surface area contributed by atoms with Gasteiger partial charge < -0.3 is 10.5 Å². The highest BCUT2D eigenvalue weighted by atomic mass is 19.1. The van der Waals surface area contributed by atoms with Gasteiger partial charge in [0.1, 0.15) is 12.8 Å². The maximum absolute atomic E-state index is 12.7. The molecule has 2 N–H and O–H groups in total. The summed E-state index contributed by atoms with van der Waals surface area (Å²) < 4.78 is 18.0. The van der Waals surface area contributed by atoms with Crippen LogP contribution in [0.4, 0.5) is 4.39 Å². The van der Waals surface area contributed by atoms with E-state index in [4.69, 9.17) is 10.5 Å². The van der Waals surface area contributed by atoms with Gasteiger partial charge in [-0.15, -0.1) is 0 Å². The van der Waals surface area contributed by atoms with Crippen molar-refractivity contribution < 1.29 is 9.13 Å². The van der Waals surface area contributed by atoms with Gasteiger partial charge in [0.05, 0.1) is 6.61 Å². The molecular formula is C11H16FNO. The summed E-state index contributed by atoms with van der Waals surface area (Å²) in [6.07, 6.45) is -0.472. The zero-order chi connectivity index (χ0) is 10.4. The van der Waals surface area contributed by atoms with Crippen LogP contribution in [0.25, 0.3) is 0 Å². The van der Waals surface area contributed by atoms with Gasteiger partial charge >= 0.3 is 0 Å². The van der Waals surface area contributed by atoms with E-state index in [-0.39, 0.29) is 0 Å². The molecule has 1 aromatic carbocycles. The molecule has 1 unspecified atom stereocenters. The van der Waals surface area contributed by atoms with Crippen LogP contribution >= 0.6 is 0 Å². The van der Waals surface area contributed by atoms with E-state index in [1.54, 1.807) is 0 Å². The molecule has 0 aromatic heterocycles. The van der Waals surface area contributed by atoms with Crippen LogP contribution in [0, 0.1) is 6.92 Å². The van der Waals surface area contributed by atoms with E-state index in [1.165, 1.54) is 0 Å². The molecule has 0 spiro atoms. The van der Waals surface area contributed by atoms with Gasteiger partial charge in [-0.3, -0.25) is 0 Å². The van der Waals surface area contributed by atoms with Crippen LogP contribution in [0.3, 0.4) is 0 Å². The van der Waals surface area contributed by atoms with Crippen molar-refractivity contribution in [3.8, 4) is 0 Å². The zero-order valence-electron chi connectivity index (χ0n) is 8.37. The van der Waals surface area contributed by atoms with Crippen LogP contribution in [0.2, 0.25) is 0 Å². The SMILES string of the molecule is Cc1ccccc1C(CF)OCCN. The van der Waals surface area contributed by atoms with E-state index in [0.29, 0.717) is 13.2 Å². The average molecular weight is 197 g/mol. The Labute approximate surface area is 83.9 Å². The number of hydrogen-bond donors (Lipinski definition) is 1. The van der Waals surface area contributed by atoms with Crippen LogP contribution in [-0.4, -0.2) is 19.8 Å². The van der Waals surface area contributed by atoms with Gasteiger partial charge in [-0.2, -0.15) is 0 Å². The highest BCUT2D eigenvalue weighted by Gasteiger charge is 2.12. The lowest BCUT2D eigenvalue weighted by atomic mass is 10.0. The van der Waals surface area contributed by atoms with Crippen molar-refractivity contribution in [2.24, 2.45) is 5.73 Å². The van der Waals surface area contributed by atoms with Gasteiger partial charge in [0.25, 0.3) is 0 Å². The maximum Gasteiger partial charge on any atom is 0.120 e. The third-order valence-electron chi connectivity index (χ3n) is 2.11. The Morgan fingerprint density at radius 1 is 1.43 bits per heavy atom. The van der Waals surface area contributed by atoms with E-state index in [2.05, 4.69) is 0 Å². The van der Waals surface area contributed by atoms with Gasteiger partial charge in [0, 0.05) is 6.54 Å². The van der Waals surface area contributed by atoms with Gasteiger partial charge in [-0.25, -0.2) is 4.39 Å². The van der Waals surface area contributed by atoms with Gasteiger partial charge in [0.15, 0.2) is 0 Å². The number of benzene rings is 1. The molecule has 0 saturated carbocycles. The third-order valence-corrected chi connectivity index (χ3v) is 2.11. The minimum atomic E-state index is -0.509. The summed E-state index contributed by atoms with van der Waals surface area (Å²) in [6.45, 7) is 2.25. The predicted octanol–water partition coefficient (Wildman–Crippen LogP) is 1.98. The Morgan fingerprint density at radius 3 is 2.71 bits per heavy atom. The molecule has 1 atom stereocenters. The van der Waals surface area contributed by atoms with Crippen molar-refractivity contribution in [3.05, 3.63) is 35.4 Å². The topological polar surface area (TPSA) is 35.2 Å². The molecular weight excluding hydrogens is 181 g/mol. The molecule has 0 bridgehead atoms. The van der Waals surface area contributed by atoms with Crippen molar-refractivity contribution in [3.63, 3.8) is 0 Å². The minimum Gasteiger partial charge on any atom is -0.369 e. The number of alkyl halides is 1. The Bertz CT molecular complexity index is 278. The largest absolute Gasteiger partial charge is 0.369 e. The van der Waals surface area contributed by atoms with Crippen LogP contribution in [0.5, 0.6) is 0 Å². The van der Waals surface area contributed by atoms with Crippen molar-refractivity contribution >= 4 is 0 Å². The molecule has 1 aromatic rings. The van der Waals surface area contributed by atoms with Crippen molar-refractivity contribution in [2.75, 3.05) is 19.8 Å². The van der Waals surface area contributed by atoms with Gasteiger partial charge in [-0.1, -0.05) is 24.3 Å². The average Bonchev–Trinajstić information content (AvgIpc) is 2.21. The smallest absolute Gasteiger partial charge is 0.120 e. The zero-order valence-corrected chi connectivity index (χ0v) is 8.37. The Balaban J connectivity index is 2.73. The lowest BCUT2D eigenvalue weighted by Crippen LogP contribution is -2.14. The summed E-state index contributed by atoms with van der Waals surface area (Å²) in [5.74, 6) is 0. The first-order valence-corrected chi connectivity index (χ1v) is 4.72. The molecule has 78 valence electrons. The molecule has 0 amide bonds. The molecule has 0 fully saturated rings. The van der Waals surface area contributed by atoms with E-state index in [1.807, 2.05) is 31.2 Å². The molecule has 0 aliphatic carbocycles. The summed E-state index contributed by atoms with van der Waals surface area (Å²) in [5, 5.41) is 0. The number of hydrogen-bond acceptors (Lipinski definition) is 2. The fourth-order valence-corrected chi connectivity index (χ4v) is 1.38. The van der Waals surface area contributed by atoms with Crippen molar-refractivity contribution in [1.82, 2.24) is 0 Å². The van der Waals surface area contributed by atoms with E-state index in [0.717, 1.165) is 11.1 Å². The first-order chi connectivity index (χ1) is 6.79. The van der Waals surface area contributed by atoms with Crippen LogP contribution < -0.4 is 5.73 Å². The van der Waals surface area contributed by atoms with Gasteiger partial charge in [-0.05, 0) is 18.1 Å². The fraction of sp³-hybridized carbons (Fsp3) is 0.455. The number of halogens is 1. The molecule has 0 aliphatic heterocycles. The molecule has 0 radical (unpaired) electrons. The second-order valence-corrected chi connectivity index (χ2v) is 3.16. The molecule has 2 nitrogen and oxygen atoms in total. The third kappa shape index (κ3) is 2.79. The van der Waals surface area contributed by atoms with Crippen LogP contribution in [-0.2, 0) is 4.74 Å². The van der Waals surface area contributed by atoms with Crippen molar-refractivity contribution in [2.45, 2.75) is 13.0 Å². The standard InChI is InChI=1S/C11H16FNO/c1-9-4-2-3-5-10(9)11(8-12)14-7-6-13/h2-5,11H,6-8,13H2,1H3. The van der Waals surface area contributed by atoms with Crippen molar-refractivity contribution in [1.29, 1.82) is 0 Å². The second-order valence-electron chi connectivity index (χ2n) is 3.16. The fourth-order valence-electron chi connectivity index (χ4n) is 1.38. The maximum atomic E-state index is 12.7. The predicted molar refractivity (Wildman–Crippen MR) is 54.9 cm³/mol. The summed E-state index contributed by atoms with van der Waals surface area (Å²) in [6, 6.07) is 7.65. The molecule has 0 saturated heterocycles. The molecule has 0 aliphatic rings. The normalized spacial score (nSPS) is 12.8. The van der Waals surface area contributed by atoms with E-state index < -0.39 is 12.8 Å². The summed E-state index contributed by atoms with van der Waals surface area (Å²) in [4.78, 5) is 0. The Kier molecular flexibility index (Phi) is 4.56. The van der Waals surface area contributed by atoms with Crippen LogP contribution in [0.1, 0.15) is 17.2 Å². The quantitative estimate of drug-likeness (QED) is 0.783. The first kappa shape index (κ1) is 11.1. The molecule has 3 heteroatoms. The Hall–Kier alpha value is -0.930. The van der Waals surface area contributed by atoms with E-state index >= 15 is 0 Å². The number of ether oxygens (including phenoxy) is 1.